The number of likely N-dealkylation sites (N-methyl/N-ethyl adjacent to an activating group) is 1. The van der Waals surface area contributed by atoms with Crippen molar-refractivity contribution in [1.29, 1.82) is 0 Å². The van der Waals surface area contributed by atoms with Gasteiger partial charge < -0.3 is 9.74 Å². The van der Waals surface area contributed by atoms with Gasteiger partial charge in [0.15, 0.2) is 5.71 Å². The second-order valence-electron chi connectivity index (χ2n) is 3.45. The van der Waals surface area contributed by atoms with Crippen LogP contribution in [0.2, 0.25) is 0 Å². The average Bonchev–Trinajstić information content (AvgIpc) is 2.54. The third-order valence-electron chi connectivity index (χ3n) is 2.50. The molecule has 1 aromatic carbocycles. The van der Waals surface area contributed by atoms with Crippen molar-refractivity contribution in [2.45, 2.75) is 0 Å². The number of nitrogens with zero attached hydrogens (tertiary/aromatic N) is 3. The van der Waals surface area contributed by atoms with Gasteiger partial charge in [0, 0.05) is 24.7 Å². The SMILES string of the molecule is CON=C1C(=O)N(C)c2ccc([N+](=O)[O-])cc21. The lowest BCUT2D eigenvalue weighted by Crippen LogP contribution is -2.25. The minimum atomic E-state index is -0.520. The first-order valence-corrected chi connectivity index (χ1v) is 4.74. The van der Waals surface area contributed by atoms with Crippen molar-refractivity contribution >= 4 is 23.0 Å². The van der Waals surface area contributed by atoms with Gasteiger partial charge in [-0.1, -0.05) is 5.16 Å². The summed E-state index contributed by atoms with van der Waals surface area (Å²) in [5.74, 6) is -0.345. The summed E-state index contributed by atoms with van der Waals surface area (Å²) in [6.45, 7) is 0. The maximum Gasteiger partial charge on any atom is 0.280 e. The molecule has 0 aliphatic carbocycles. The van der Waals surface area contributed by atoms with Crippen LogP contribution in [0, 0.1) is 10.1 Å². The molecule has 1 aromatic rings. The lowest BCUT2D eigenvalue weighted by molar-refractivity contribution is -0.384. The number of hydrogen-bond donors (Lipinski definition) is 0. The predicted molar refractivity (Wildman–Crippen MR) is 60.1 cm³/mol. The van der Waals surface area contributed by atoms with Crippen molar-refractivity contribution in [3.05, 3.63) is 33.9 Å². The predicted octanol–water partition coefficient (Wildman–Crippen LogP) is 0.922. The lowest BCUT2D eigenvalue weighted by atomic mass is 10.1. The number of carbonyl (C=O) groups is 1. The van der Waals surface area contributed by atoms with Crippen molar-refractivity contribution in [2.24, 2.45) is 5.16 Å². The number of nitro groups is 1. The highest BCUT2D eigenvalue weighted by Crippen LogP contribution is 2.31. The van der Waals surface area contributed by atoms with E-state index >= 15 is 0 Å². The molecule has 1 aliphatic heterocycles. The first-order chi connectivity index (χ1) is 8.06. The number of carbonyl (C=O) groups excluding carboxylic acids is 1. The molecule has 1 amide bonds. The van der Waals surface area contributed by atoms with E-state index in [0.29, 0.717) is 11.3 Å². The Labute approximate surface area is 96.4 Å². The minimum Gasteiger partial charge on any atom is -0.398 e. The van der Waals surface area contributed by atoms with E-state index < -0.39 is 4.92 Å². The number of amides is 1. The topological polar surface area (TPSA) is 85.0 Å². The standard InChI is InChI=1S/C10H9N3O4/c1-12-8-4-3-6(13(15)16)5-7(8)9(10(12)14)11-17-2/h3-5H,1-2H3. The van der Waals surface area contributed by atoms with Crippen LogP contribution in [-0.2, 0) is 9.63 Å². The van der Waals surface area contributed by atoms with Crippen molar-refractivity contribution < 1.29 is 14.6 Å². The summed E-state index contributed by atoms with van der Waals surface area (Å²) >= 11 is 0. The summed E-state index contributed by atoms with van der Waals surface area (Å²) in [7, 11) is 2.89. The van der Waals surface area contributed by atoms with E-state index in [1.54, 1.807) is 7.05 Å². The number of hydrogen-bond acceptors (Lipinski definition) is 5. The molecule has 88 valence electrons. The fraction of sp³-hybridized carbons (Fsp3) is 0.200. The molecule has 0 saturated heterocycles. The van der Waals surface area contributed by atoms with Gasteiger partial charge in [0.25, 0.3) is 11.6 Å². The molecule has 0 N–H and O–H groups in total. The number of benzene rings is 1. The largest absolute Gasteiger partial charge is 0.398 e. The van der Waals surface area contributed by atoms with Crippen LogP contribution in [0.5, 0.6) is 0 Å². The Balaban J connectivity index is 2.61. The Kier molecular flexibility index (Phi) is 2.51. The minimum absolute atomic E-state index is 0.0775. The fourth-order valence-electron chi connectivity index (χ4n) is 1.68. The van der Waals surface area contributed by atoms with Crippen LogP contribution in [0.1, 0.15) is 5.56 Å². The Hall–Kier alpha value is -2.44. The molecule has 0 aromatic heterocycles. The van der Waals surface area contributed by atoms with Gasteiger partial charge in [0.05, 0.1) is 10.6 Å². The molecule has 0 atom stereocenters. The van der Waals surface area contributed by atoms with Crippen LogP contribution in [0.25, 0.3) is 0 Å². The molecule has 0 fully saturated rings. The zero-order valence-corrected chi connectivity index (χ0v) is 9.21. The first kappa shape index (κ1) is 11.1. The Morgan fingerprint density at radius 1 is 1.47 bits per heavy atom. The summed E-state index contributed by atoms with van der Waals surface area (Å²) in [6.07, 6.45) is 0. The fourth-order valence-corrected chi connectivity index (χ4v) is 1.68. The molecular weight excluding hydrogens is 226 g/mol. The monoisotopic (exact) mass is 235 g/mol. The van der Waals surface area contributed by atoms with E-state index in [4.69, 9.17) is 0 Å². The molecule has 0 unspecified atom stereocenters. The van der Waals surface area contributed by atoms with Gasteiger partial charge in [-0.25, -0.2) is 0 Å². The summed E-state index contributed by atoms with van der Waals surface area (Å²) in [6, 6.07) is 4.18. The summed E-state index contributed by atoms with van der Waals surface area (Å²) in [5.41, 5.74) is 0.981. The van der Waals surface area contributed by atoms with Gasteiger partial charge in [0.1, 0.15) is 7.11 Å². The van der Waals surface area contributed by atoms with Crippen LogP contribution in [0.3, 0.4) is 0 Å². The summed E-state index contributed by atoms with van der Waals surface area (Å²) in [4.78, 5) is 27.9. The highest BCUT2D eigenvalue weighted by Gasteiger charge is 2.33. The highest BCUT2D eigenvalue weighted by atomic mass is 16.6. The van der Waals surface area contributed by atoms with Crippen molar-refractivity contribution in [1.82, 2.24) is 0 Å². The van der Waals surface area contributed by atoms with Crippen LogP contribution in [0.15, 0.2) is 23.4 Å². The maximum absolute atomic E-state index is 11.8. The normalized spacial score (nSPS) is 16.2. The zero-order chi connectivity index (χ0) is 12.6. The van der Waals surface area contributed by atoms with Crippen LogP contribution in [0.4, 0.5) is 11.4 Å². The maximum atomic E-state index is 11.8. The third kappa shape index (κ3) is 1.61. The van der Waals surface area contributed by atoms with Crippen LogP contribution < -0.4 is 4.90 Å². The van der Waals surface area contributed by atoms with Crippen molar-refractivity contribution in [3.63, 3.8) is 0 Å². The molecule has 0 saturated carbocycles. The lowest BCUT2D eigenvalue weighted by Gasteiger charge is -2.07. The Morgan fingerprint density at radius 3 is 2.76 bits per heavy atom. The van der Waals surface area contributed by atoms with Crippen molar-refractivity contribution in [3.8, 4) is 0 Å². The van der Waals surface area contributed by atoms with E-state index in [0.717, 1.165) is 0 Å². The van der Waals surface area contributed by atoms with Crippen LogP contribution in [-0.4, -0.2) is 30.7 Å². The van der Waals surface area contributed by atoms with Gasteiger partial charge in [-0.2, -0.15) is 0 Å². The van der Waals surface area contributed by atoms with E-state index in [9.17, 15) is 14.9 Å². The smallest absolute Gasteiger partial charge is 0.280 e. The second kappa shape index (κ2) is 3.85. The molecule has 1 aliphatic rings. The molecule has 0 radical (unpaired) electrons. The molecule has 7 nitrogen and oxygen atoms in total. The van der Waals surface area contributed by atoms with E-state index in [2.05, 4.69) is 9.99 Å². The summed E-state index contributed by atoms with van der Waals surface area (Å²) < 4.78 is 0. The van der Waals surface area contributed by atoms with Crippen LogP contribution >= 0.6 is 0 Å². The second-order valence-corrected chi connectivity index (χ2v) is 3.45. The number of non-ortho nitro benzene ring substituents is 1. The van der Waals surface area contributed by atoms with Crippen molar-refractivity contribution in [2.75, 3.05) is 19.1 Å². The highest BCUT2D eigenvalue weighted by molar-refractivity contribution is 6.54. The van der Waals surface area contributed by atoms with Gasteiger partial charge in [-0.15, -0.1) is 0 Å². The molecule has 1 heterocycles. The van der Waals surface area contributed by atoms with E-state index in [-0.39, 0.29) is 17.3 Å². The summed E-state index contributed by atoms with van der Waals surface area (Å²) in [5, 5.41) is 14.3. The molecule has 2 rings (SSSR count). The van der Waals surface area contributed by atoms with Gasteiger partial charge >= 0.3 is 0 Å². The number of nitro benzene ring substituents is 1. The van der Waals surface area contributed by atoms with Gasteiger partial charge in [-0.3, -0.25) is 14.9 Å². The Bertz CT molecular complexity index is 538. The third-order valence-corrected chi connectivity index (χ3v) is 2.50. The zero-order valence-electron chi connectivity index (χ0n) is 9.21. The quantitative estimate of drug-likeness (QED) is 0.563. The van der Waals surface area contributed by atoms with E-state index in [1.807, 2.05) is 0 Å². The number of oxime groups is 1. The molecule has 7 heteroatoms. The molecular formula is C10H9N3O4. The van der Waals surface area contributed by atoms with E-state index in [1.165, 1.54) is 30.2 Å². The molecule has 0 spiro atoms. The number of fused-ring (bicyclic) bond motifs is 1. The Morgan fingerprint density at radius 2 is 2.18 bits per heavy atom. The first-order valence-electron chi connectivity index (χ1n) is 4.74. The molecule has 17 heavy (non-hydrogen) atoms. The average molecular weight is 235 g/mol. The number of anilines is 1. The van der Waals surface area contributed by atoms with Gasteiger partial charge in [0.2, 0.25) is 0 Å². The number of rotatable bonds is 2. The van der Waals surface area contributed by atoms with Gasteiger partial charge in [-0.05, 0) is 6.07 Å². The molecule has 0 bridgehead atoms.